The summed E-state index contributed by atoms with van der Waals surface area (Å²) in [4.78, 5) is 8.87. The Hall–Kier alpha value is -1.76. The Bertz CT molecular complexity index is 840. The molecule has 2 aromatic rings. The van der Waals surface area contributed by atoms with Crippen molar-refractivity contribution in [2.45, 2.75) is 38.5 Å². The molecule has 122 valence electrons. The monoisotopic (exact) mass is 332 g/mol. The second-order valence-electron chi connectivity index (χ2n) is 6.71. The molecular formula is C16H20N4O2S. The summed E-state index contributed by atoms with van der Waals surface area (Å²) in [7, 11) is -2.87. The second kappa shape index (κ2) is 5.40. The minimum atomic E-state index is -2.87. The fraction of sp³-hybridized carbons (Fsp3) is 0.562. The van der Waals surface area contributed by atoms with E-state index in [1.54, 1.807) is 6.20 Å². The van der Waals surface area contributed by atoms with Crippen molar-refractivity contribution >= 4 is 9.84 Å². The largest absolute Gasteiger partial charge is 0.264 e. The van der Waals surface area contributed by atoms with E-state index in [1.165, 1.54) is 0 Å². The number of sulfone groups is 1. The molecule has 1 saturated heterocycles. The summed E-state index contributed by atoms with van der Waals surface area (Å²) in [6.07, 6.45) is 7.26. The summed E-state index contributed by atoms with van der Waals surface area (Å²) in [6.45, 7) is 2.00. The fourth-order valence-corrected chi connectivity index (χ4v) is 5.06. The summed E-state index contributed by atoms with van der Waals surface area (Å²) >= 11 is 0. The van der Waals surface area contributed by atoms with Gasteiger partial charge in [0.15, 0.2) is 15.7 Å². The van der Waals surface area contributed by atoms with Gasteiger partial charge in [0.2, 0.25) is 0 Å². The Morgan fingerprint density at radius 2 is 2.13 bits per heavy atom. The lowest BCUT2D eigenvalue weighted by Gasteiger charge is -2.10. The number of rotatable bonds is 4. The van der Waals surface area contributed by atoms with Crippen molar-refractivity contribution in [2.24, 2.45) is 5.92 Å². The number of pyridine rings is 1. The van der Waals surface area contributed by atoms with Crippen LogP contribution < -0.4 is 0 Å². The predicted octanol–water partition coefficient (Wildman–Crippen LogP) is 1.83. The molecule has 0 spiro atoms. The normalized spacial score (nSPS) is 23.3. The van der Waals surface area contributed by atoms with Crippen LogP contribution in [0.25, 0.3) is 5.69 Å². The average Bonchev–Trinajstić information content (AvgIpc) is 3.19. The van der Waals surface area contributed by atoms with Crippen molar-refractivity contribution in [3.8, 4) is 5.69 Å². The first-order chi connectivity index (χ1) is 11.0. The summed E-state index contributed by atoms with van der Waals surface area (Å²) in [5, 5.41) is 4.71. The van der Waals surface area contributed by atoms with Gasteiger partial charge in [-0.2, -0.15) is 5.10 Å². The number of hydrogen-bond donors (Lipinski definition) is 0. The molecule has 2 aliphatic rings. The molecule has 0 amide bonds. The Morgan fingerprint density at radius 1 is 1.30 bits per heavy atom. The van der Waals surface area contributed by atoms with E-state index in [2.05, 4.69) is 4.98 Å². The van der Waals surface area contributed by atoms with Crippen molar-refractivity contribution < 1.29 is 8.42 Å². The van der Waals surface area contributed by atoms with Crippen molar-refractivity contribution in [1.82, 2.24) is 19.7 Å². The van der Waals surface area contributed by atoms with Gasteiger partial charge < -0.3 is 0 Å². The van der Waals surface area contributed by atoms with Crippen LogP contribution in [0.2, 0.25) is 0 Å². The van der Waals surface area contributed by atoms with Crippen LogP contribution in [0.3, 0.4) is 0 Å². The Balaban J connectivity index is 1.69. The molecule has 4 rings (SSSR count). The maximum atomic E-state index is 11.7. The van der Waals surface area contributed by atoms with Crippen molar-refractivity contribution in [1.29, 1.82) is 0 Å². The summed E-state index contributed by atoms with van der Waals surface area (Å²) in [5.74, 6) is 2.98. The zero-order valence-corrected chi connectivity index (χ0v) is 14.0. The van der Waals surface area contributed by atoms with Crippen LogP contribution in [0.5, 0.6) is 0 Å². The SMILES string of the molecule is Cc1cnccc1-n1nc(C2CC2)nc1C[C@H]1CCS(=O)(=O)C1. The minimum Gasteiger partial charge on any atom is -0.264 e. The molecule has 0 unspecified atom stereocenters. The van der Waals surface area contributed by atoms with Gasteiger partial charge in [0.25, 0.3) is 0 Å². The van der Waals surface area contributed by atoms with Gasteiger partial charge in [0.05, 0.1) is 17.2 Å². The highest BCUT2D eigenvalue weighted by Gasteiger charge is 2.32. The van der Waals surface area contributed by atoms with E-state index in [0.717, 1.165) is 42.2 Å². The van der Waals surface area contributed by atoms with E-state index >= 15 is 0 Å². The summed E-state index contributed by atoms with van der Waals surface area (Å²) in [5.41, 5.74) is 2.02. The second-order valence-corrected chi connectivity index (χ2v) is 8.94. The molecule has 2 fully saturated rings. The molecule has 3 heterocycles. The van der Waals surface area contributed by atoms with Crippen LogP contribution in [0.15, 0.2) is 18.5 Å². The molecule has 7 heteroatoms. The number of aromatic nitrogens is 4. The van der Waals surface area contributed by atoms with Gasteiger partial charge >= 0.3 is 0 Å². The maximum absolute atomic E-state index is 11.7. The van der Waals surface area contributed by atoms with Crippen molar-refractivity contribution in [3.63, 3.8) is 0 Å². The maximum Gasteiger partial charge on any atom is 0.154 e. The number of nitrogens with zero attached hydrogens (tertiary/aromatic N) is 4. The van der Waals surface area contributed by atoms with E-state index in [9.17, 15) is 8.42 Å². The number of hydrogen-bond acceptors (Lipinski definition) is 5. The van der Waals surface area contributed by atoms with Gasteiger partial charge in [0, 0.05) is 24.7 Å². The molecule has 0 bridgehead atoms. The third-order valence-electron chi connectivity index (χ3n) is 4.65. The topological polar surface area (TPSA) is 77.7 Å². The Morgan fingerprint density at radius 3 is 2.78 bits per heavy atom. The predicted molar refractivity (Wildman–Crippen MR) is 86.3 cm³/mol. The lowest BCUT2D eigenvalue weighted by molar-refractivity contribution is 0.559. The summed E-state index contributed by atoms with van der Waals surface area (Å²) in [6, 6.07) is 1.94. The van der Waals surface area contributed by atoms with Gasteiger partial charge in [-0.15, -0.1) is 0 Å². The first kappa shape index (κ1) is 14.8. The van der Waals surface area contributed by atoms with Gasteiger partial charge in [-0.25, -0.2) is 18.1 Å². The lowest BCUT2D eigenvalue weighted by Crippen LogP contribution is -2.12. The molecule has 2 aromatic heterocycles. The van der Waals surface area contributed by atoms with E-state index in [0.29, 0.717) is 18.1 Å². The van der Waals surface area contributed by atoms with Crippen LogP contribution in [0.4, 0.5) is 0 Å². The zero-order chi connectivity index (χ0) is 16.0. The Kier molecular flexibility index (Phi) is 3.48. The average molecular weight is 332 g/mol. The van der Waals surface area contributed by atoms with E-state index in [4.69, 9.17) is 10.1 Å². The molecule has 1 aliphatic heterocycles. The highest BCUT2D eigenvalue weighted by molar-refractivity contribution is 7.91. The van der Waals surface area contributed by atoms with Gasteiger partial charge in [-0.05, 0) is 43.7 Å². The van der Waals surface area contributed by atoms with Crippen LogP contribution in [-0.4, -0.2) is 39.7 Å². The van der Waals surface area contributed by atoms with E-state index in [1.807, 2.05) is 23.9 Å². The van der Waals surface area contributed by atoms with Gasteiger partial charge in [-0.3, -0.25) is 4.98 Å². The standard InChI is InChI=1S/C16H20N4O2S/c1-11-9-17-6-4-14(11)20-15(18-16(19-20)13-2-3-13)8-12-5-7-23(21,22)10-12/h4,6,9,12-13H,2-3,5,7-8,10H2,1H3/t12-/m1/s1. The zero-order valence-electron chi connectivity index (χ0n) is 13.1. The third-order valence-corrected chi connectivity index (χ3v) is 6.49. The quantitative estimate of drug-likeness (QED) is 0.853. The van der Waals surface area contributed by atoms with Crippen molar-refractivity contribution in [2.75, 3.05) is 11.5 Å². The molecule has 0 aromatic carbocycles. The molecule has 0 N–H and O–H groups in total. The highest BCUT2D eigenvalue weighted by Crippen LogP contribution is 2.38. The fourth-order valence-electron chi connectivity index (χ4n) is 3.20. The van der Waals surface area contributed by atoms with Crippen LogP contribution in [0.1, 0.15) is 42.4 Å². The molecule has 1 aliphatic carbocycles. The number of aryl methyl sites for hydroxylation is 1. The third kappa shape index (κ3) is 3.02. The smallest absolute Gasteiger partial charge is 0.154 e. The molecule has 0 radical (unpaired) electrons. The van der Waals surface area contributed by atoms with Gasteiger partial charge in [0.1, 0.15) is 5.82 Å². The van der Waals surface area contributed by atoms with Crippen LogP contribution >= 0.6 is 0 Å². The molecular weight excluding hydrogens is 312 g/mol. The Labute approximate surface area is 135 Å². The first-order valence-electron chi connectivity index (χ1n) is 8.09. The first-order valence-corrected chi connectivity index (χ1v) is 9.91. The van der Waals surface area contributed by atoms with E-state index in [-0.39, 0.29) is 11.7 Å². The lowest BCUT2D eigenvalue weighted by atomic mass is 10.0. The molecule has 1 saturated carbocycles. The minimum absolute atomic E-state index is 0.150. The molecule has 6 nitrogen and oxygen atoms in total. The van der Waals surface area contributed by atoms with Crippen LogP contribution in [-0.2, 0) is 16.3 Å². The van der Waals surface area contributed by atoms with Crippen LogP contribution in [0, 0.1) is 12.8 Å². The molecule has 23 heavy (non-hydrogen) atoms. The van der Waals surface area contributed by atoms with Gasteiger partial charge in [-0.1, -0.05) is 0 Å². The summed E-state index contributed by atoms with van der Waals surface area (Å²) < 4.78 is 25.3. The van der Waals surface area contributed by atoms with E-state index < -0.39 is 9.84 Å². The molecule has 1 atom stereocenters. The highest BCUT2D eigenvalue weighted by atomic mass is 32.2. The van der Waals surface area contributed by atoms with Crippen molar-refractivity contribution in [3.05, 3.63) is 35.7 Å².